The first-order valence-corrected chi connectivity index (χ1v) is 9.22. The van der Waals surface area contributed by atoms with Crippen LogP contribution in [-0.4, -0.2) is 27.3 Å². The van der Waals surface area contributed by atoms with Crippen LogP contribution in [0.2, 0.25) is 0 Å². The van der Waals surface area contributed by atoms with Gasteiger partial charge in [0.15, 0.2) is 0 Å². The number of hydrogen-bond donors (Lipinski definition) is 0. The van der Waals surface area contributed by atoms with Gasteiger partial charge < -0.3 is 9.47 Å². The Labute approximate surface area is 157 Å². The third-order valence-corrected chi connectivity index (χ3v) is 4.27. The van der Waals surface area contributed by atoms with Crippen LogP contribution in [0.4, 0.5) is 0 Å². The van der Waals surface area contributed by atoms with Gasteiger partial charge in [-0.05, 0) is 55.7 Å². The number of ether oxygens (including phenoxy) is 2. The molecule has 6 heteroatoms. The summed E-state index contributed by atoms with van der Waals surface area (Å²) < 4.78 is 12.7. The highest BCUT2D eigenvalue weighted by Crippen LogP contribution is 2.39. The minimum absolute atomic E-state index is 0.0760. The van der Waals surface area contributed by atoms with E-state index in [0.717, 1.165) is 36.5 Å². The largest absolute Gasteiger partial charge is 0.494 e. The molecule has 27 heavy (non-hydrogen) atoms. The molecule has 0 aliphatic heterocycles. The molecule has 0 radical (unpaired) electrons. The molecule has 1 aliphatic rings. The zero-order valence-corrected chi connectivity index (χ0v) is 15.2. The van der Waals surface area contributed by atoms with Gasteiger partial charge in [0.25, 0.3) is 5.82 Å². The van der Waals surface area contributed by atoms with E-state index < -0.39 is 5.97 Å². The van der Waals surface area contributed by atoms with Crippen molar-refractivity contribution in [2.24, 2.45) is 0 Å². The van der Waals surface area contributed by atoms with Crippen LogP contribution < -0.4 is 9.47 Å². The quantitative estimate of drug-likeness (QED) is 0.466. The molecule has 1 aromatic heterocycles. The summed E-state index contributed by atoms with van der Waals surface area (Å²) in [7, 11) is 0. The average Bonchev–Trinajstić information content (AvgIpc) is 3.46. The zero-order valence-electron chi connectivity index (χ0n) is 15.2. The van der Waals surface area contributed by atoms with Crippen LogP contribution in [0.25, 0.3) is 5.69 Å². The maximum atomic E-state index is 12.5. The Bertz CT molecular complexity index is 916. The van der Waals surface area contributed by atoms with E-state index >= 15 is 0 Å². The van der Waals surface area contributed by atoms with E-state index in [0.29, 0.717) is 18.3 Å². The molecule has 2 aromatic carbocycles. The summed E-state index contributed by atoms with van der Waals surface area (Å²) in [5, 5.41) is 4.40. The van der Waals surface area contributed by atoms with E-state index in [1.165, 1.54) is 0 Å². The van der Waals surface area contributed by atoms with E-state index in [-0.39, 0.29) is 5.82 Å². The van der Waals surface area contributed by atoms with Crippen molar-refractivity contribution in [1.82, 2.24) is 14.8 Å². The molecule has 4 rings (SSSR count). The lowest BCUT2D eigenvalue weighted by molar-refractivity contribution is 0.0721. The number of benzene rings is 2. The van der Waals surface area contributed by atoms with Crippen LogP contribution in [0.15, 0.2) is 54.6 Å². The van der Waals surface area contributed by atoms with Crippen LogP contribution in [0, 0.1) is 0 Å². The molecule has 0 saturated heterocycles. The van der Waals surface area contributed by atoms with Gasteiger partial charge in [-0.25, -0.2) is 14.5 Å². The smallest absolute Gasteiger partial charge is 0.383 e. The van der Waals surface area contributed by atoms with E-state index in [2.05, 4.69) is 10.1 Å². The van der Waals surface area contributed by atoms with Crippen LogP contribution >= 0.6 is 0 Å². The molecule has 138 valence electrons. The minimum atomic E-state index is -0.561. The second-order valence-electron chi connectivity index (χ2n) is 6.52. The standard InChI is InChI=1S/C21H21N3O3/c1-2-14-26-17-10-12-18(13-11-17)27-21(25)19-22-20(15-8-9-15)24(23-19)16-6-4-3-5-7-16/h3-7,10-13,15H,2,8-9,14H2,1H3. The summed E-state index contributed by atoms with van der Waals surface area (Å²) in [4.78, 5) is 17.0. The topological polar surface area (TPSA) is 66.2 Å². The Morgan fingerprint density at radius 3 is 2.44 bits per heavy atom. The highest BCUT2D eigenvalue weighted by Gasteiger charge is 2.32. The fraction of sp³-hybridized carbons (Fsp3) is 0.286. The van der Waals surface area contributed by atoms with Gasteiger partial charge in [0, 0.05) is 5.92 Å². The van der Waals surface area contributed by atoms with E-state index in [1.54, 1.807) is 28.9 Å². The summed E-state index contributed by atoms with van der Waals surface area (Å²) in [6.07, 6.45) is 3.08. The Kier molecular flexibility index (Phi) is 4.87. The predicted molar refractivity (Wildman–Crippen MR) is 101 cm³/mol. The number of nitrogens with zero attached hydrogens (tertiary/aromatic N) is 3. The Morgan fingerprint density at radius 2 is 1.78 bits per heavy atom. The van der Waals surface area contributed by atoms with Crippen LogP contribution in [0.5, 0.6) is 11.5 Å². The Morgan fingerprint density at radius 1 is 1.07 bits per heavy atom. The molecule has 6 nitrogen and oxygen atoms in total. The molecule has 1 heterocycles. The molecule has 1 fully saturated rings. The van der Waals surface area contributed by atoms with Crippen LogP contribution in [0.3, 0.4) is 0 Å². The molecule has 1 saturated carbocycles. The summed E-state index contributed by atoms with van der Waals surface area (Å²) in [6.45, 7) is 2.71. The fourth-order valence-electron chi connectivity index (χ4n) is 2.75. The van der Waals surface area contributed by atoms with Crippen molar-refractivity contribution in [3.63, 3.8) is 0 Å². The number of para-hydroxylation sites is 1. The summed E-state index contributed by atoms with van der Waals surface area (Å²) >= 11 is 0. The first-order chi connectivity index (χ1) is 13.2. The molecule has 0 unspecified atom stereocenters. The SMILES string of the molecule is CCCOc1ccc(OC(=O)c2nc(C3CC3)n(-c3ccccc3)n2)cc1. The van der Waals surface area contributed by atoms with Gasteiger partial charge >= 0.3 is 5.97 Å². The average molecular weight is 363 g/mol. The predicted octanol–water partition coefficient (Wildman–Crippen LogP) is 4.15. The highest BCUT2D eigenvalue weighted by atomic mass is 16.5. The number of carbonyl (C=O) groups is 1. The third-order valence-electron chi connectivity index (χ3n) is 4.27. The van der Waals surface area contributed by atoms with Crippen molar-refractivity contribution < 1.29 is 14.3 Å². The number of aromatic nitrogens is 3. The van der Waals surface area contributed by atoms with Gasteiger partial charge in [0.1, 0.15) is 17.3 Å². The number of carbonyl (C=O) groups excluding carboxylic acids is 1. The molecule has 0 atom stereocenters. The van der Waals surface area contributed by atoms with Crippen molar-refractivity contribution in [2.75, 3.05) is 6.61 Å². The highest BCUT2D eigenvalue weighted by molar-refractivity contribution is 5.87. The zero-order chi connectivity index (χ0) is 18.6. The second-order valence-corrected chi connectivity index (χ2v) is 6.52. The lowest BCUT2D eigenvalue weighted by atomic mass is 10.3. The monoisotopic (exact) mass is 363 g/mol. The summed E-state index contributed by atoms with van der Waals surface area (Å²) in [5.74, 6) is 1.87. The van der Waals surface area contributed by atoms with Gasteiger partial charge in [-0.1, -0.05) is 25.1 Å². The van der Waals surface area contributed by atoms with Crippen LogP contribution in [0.1, 0.15) is 48.5 Å². The first kappa shape index (κ1) is 17.3. The van der Waals surface area contributed by atoms with Crippen molar-refractivity contribution in [3.05, 3.63) is 66.2 Å². The van der Waals surface area contributed by atoms with E-state index in [4.69, 9.17) is 9.47 Å². The normalized spacial score (nSPS) is 13.4. The molecule has 0 spiro atoms. The van der Waals surface area contributed by atoms with Gasteiger partial charge in [-0.15, -0.1) is 5.10 Å². The van der Waals surface area contributed by atoms with Crippen LogP contribution in [-0.2, 0) is 0 Å². The van der Waals surface area contributed by atoms with E-state index in [9.17, 15) is 4.79 Å². The molecule has 0 amide bonds. The number of rotatable bonds is 7. The summed E-state index contributed by atoms with van der Waals surface area (Å²) in [6, 6.07) is 16.7. The Hall–Kier alpha value is -3.15. The summed E-state index contributed by atoms with van der Waals surface area (Å²) in [5.41, 5.74) is 0.892. The second kappa shape index (κ2) is 7.61. The molecular weight excluding hydrogens is 342 g/mol. The van der Waals surface area contributed by atoms with Gasteiger partial charge in [0.2, 0.25) is 0 Å². The third kappa shape index (κ3) is 4.00. The lowest BCUT2D eigenvalue weighted by Gasteiger charge is -2.05. The van der Waals surface area contributed by atoms with Gasteiger partial charge in [-0.2, -0.15) is 0 Å². The van der Waals surface area contributed by atoms with Gasteiger partial charge in [-0.3, -0.25) is 0 Å². The molecule has 0 N–H and O–H groups in total. The number of esters is 1. The maximum Gasteiger partial charge on any atom is 0.383 e. The number of hydrogen-bond acceptors (Lipinski definition) is 5. The first-order valence-electron chi connectivity index (χ1n) is 9.22. The Balaban J connectivity index is 1.52. The van der Waals surface area contributed by atoms with Crippen molar-refractivity contribution in [3.8, 4) is 17.2 Å². The van der Waals surface area contributed by atoms with Crippen molar-refractivity contribution in [1.29, 1.82) is 0 Å². The fourth-order valence-corrected chi connectivity index (χ4v) is 2.75. The maximum absolute atomic E-state index is 12.5. The van der Waals surface area contributed by atoms with Crippen molar-refractivity contribution >= 4 is 5.97 Å². The molecular formula is C21H21N3O3. The van der Waals surface area contributed by atoms with E-state index in [1.807, 2.05) is 37.3 Å². The lowest BCUT2D eigenvalue weighted by Crippen LogP contribution is -2.11. The molecule has 3 aromatic rings. The van der Waals surface area contributed by atoms with Gasteiger partial charge in [0.05, 0.1) is 12.3 Å². The minimum Gasteiger partial charge on any atom is -0.494 e. The molecule has 0 bridgehead atoms. The molecule has 1 aliphatic carbocycles. The van der Waals surface area contributed by atoms with Crippen molar-refractivity contribution in [2.45, 2.75) is 32.1 Å².